The number of nitrogens with one attached hydrogen (secondary N) is 1. The second-order valence-electron chi connectivity index (χ2n) is 7.67. The SMILES string of the molecule is Cl.NC1CCc2ccc(CNS(=O)(=O)c3ccccc3)cc2C1Cc1ccccc1. The lowest BCUT2D eigenvalue weighted by molar-refractivity contribution is 0.467. The van der Waals surface area contributed by atoms with Crippen molar-refractivity contribution in [3.8, 4) is 0 Å². The Morgan fingerprint density at radius 1 is 0.900 bits per heavy atom. The van der Waals surface area contributed by atoms with Crippen molar-refractivity contribution in [2.24, 2.45) is 5.73 Å². The number of hydrogen-bond donors (Lipinski definition) is 2. The van der Waals surface area contributed by atoms with Gasteiger partial charge in [0.1, 0.15) is 0 Å². The number of rotatable bonds is 6. The zero-order valence-electron chi connectivity index (χ0n) is 16.7. The van der Waals surface area contributed by atoms with Gasteiger partial charge in [-0.05, 0) is 53.6 Å². The lowest BCUT2D eigenvalue weighted by atomic mass is 9.76. The predicted octanol–water partition coefficient (Wildman–Crippen LogP) is 4.19. The largest absolute Gasteiger partial charge is 0.327 e. The molecule has 0 fully saturated rings. The first-order valence-corrected chi connectivity index (χ1v) is 11.5. The van der Waals surface area contributed by atoms with Gasteiger partial charge in [-0.1, -0.05) is 66.7 Å². The molecule has 0 radical (unpaired) electrons. The molecule has 0 saturated heterocycles. The van der Waals surface area contributed by atoms with E-state index < -0.39 is 10.0 Å². The van der Waals surface area contributed by atoms with Crippen LogP contribution in [0.1, 0.15) is 34.6 Å². The van der Waals surface area contributed by atoms with Crippen LogP contribution < -0.4 is 10.5 Å². The zero-order chi connectivity index (χ0) is 20.3. The maximum absolute atomic E-state index is 12.5. The maximum atomic E-state index is 12.5. The van der Waals surface area contributed by atoms with E-state index in [2.05, 4.69) is 41.1 Å². The minimum Gasteiger partial charge on any atom is -0.327 e. The van der Waals surface area contributed by atoms with Gasteiger partial charge in [-0.15, -0.1) is 12.4 Å². The third-order valence-electron chi connectivity index (χ3n) is 5.69. The zero-order valence-corrected chi connectivity index (χ0v) is 18.3. The predicted molar refractivity (Wildman–Crippen MR) is 123 cm³/mol. The van der Waals surface area contributed by atoms with Gasteiger partial charge in [0, 0.05) is 18.5 Å². The number of sulfonamides is 1. The van der Waals surface area contributed by atoms with Crippen molar-refractivity contribution in [1.29, 1.82) is 0 Å². The van der Waals surface area contributed by atoms with Gasteiger partial charge < -0.3 is 5.73 Å². The van der Waals surface area contributed by atoms with Gasteiger partial charge in [0.2, 0.25) is 10.0 Å². The van der Waals surface area contributed by atoms with Crippen LogP contribution in [-0.2, 0) is 29.4 Å². The highest BCUT2D eigenvalue weighted by Gasteiger charge is 2.27. The van der Waals surface area contributed by atoms with Crippen molar-refractivity contribution in [3.63, 3.8) is 0 Å². The molecule has 3 aromatic rings. The molecule has 3 N–H and O–H groups in total. The normalized spacial score (nSPS) is 18.3. The fraction of sp³-hybridized carbons (Fsp3) is 0.250. The molecule has 1 aliphatic rings. The number of nitrogens with two attached hydrogens (primary N) is 1. The Kier molecular flexibility index (Phi) is 7.32. The summed E-state index contributed by atoms with van der Waals surface area (Å²) in [7, 11) is -3.53. The molecular weight excluding hydrogens is 416 g/mol. The van der Waals surface area contributed by atoms with Crippen molar-refractivity contribution < 1.29 is 8.42 Å². The Morgan fingerprint density at radius 2 is 1.57 bits per heavy atom. The minimum absolute atomic E-state index is 0. The Hall–Kier alpha value is -2.18. The van der Waals surface area contributed by atoms with E-state index in [1.165, 1.54) is 16.7 Å². The Morgan fingerprint density at radius 3 is 2.27 bits per heavy atom. The van der Waals surface area contributed by atoms with E-state index >= 15 is 0 Å². The van der Waals surface area contributed by atoms with Gasteiger partial charge in [-0.25, -0.2) is 13.1 Å². The van der Waals surface area contributed by atoms with Crippen LogP contribution in [0.2, 0.25) is 0 Å². The van der Waals surface area contributed by atoms with Crippen LogP contribution in [0.5, 0.6) is 0 Å². The molecular formula is C24H27ClN2O2S. The summed E-state index contributed by atoms with van der Waals surface area (Å²) < 4.78 is 27.8. The lowest BCUT2D eigenvalue weighted by Gasteiger charge is -2.32. The van der Waals surface area contributed by atoms with Crippen LogP contribution in [0.3, 0.4) is 0 Å². The molecule has 30 heavy (non-hydrogen) atoms. The molecule has 0 aromatic heterocycles. The number of hydrogen-bond acceptors (Lipinski definition) is 3. The molecule has 3 aromatic carbocycles. The van der Waals surface area contributed by atoms with Crippen LogP contribution in [0.4, 0.5) is 0 Å². The molecule has 0 heterocycles. The fourth-order valence-electron chi connectivity index (χ4n) is 4.07. The standard InChI is InChI=1S/C24H26N2O2S.ClH/c25-24-14-13-20-12-11-19(17-26-29(27,28)21-9-5-2-6-10-21)16-22(20)23(24)15-18-7-3-1-4-8-18;/h1-12,16,23-24,26H,13-15,17,25H2;1H. The monoisotopic (exact) mass is 442 g/mol. The average molecular weight is 443 g/mol. The molecule has 158 valence electrons. The fourth-order valence-corrected chi connectivity index (χ4v) is 5.11. The summed E-state index contributed by atoms with van der Waals surface area (Å²) in [5, 5.41) is 0. The van der Waals surface area contributed by atoms with Crippen molar-refractivity contribution in [2.45, 2.75) is 42.7 Å². The highest BCUT2D eigenvalue weighted by atomic mass is 35.5. The van der Waals surface area contributed by atoms with Gasteiger partial charge in [-0.3, -0.25) is 0 Å². The van der Waals surface area contributed by atoms with E-state index in [-0.39, 0.29) is 35.8 Å². The number of fused-ring (bicyclic) bond motifs is 1. The maximum Gasteiger partial charge on any atom is 0.240 e. The van der Waals surface area contributed by atoms with Crippen LogP contribution in [0.15, 0.2) is 83.8 Å². The van der Waals surface area contributed by atoms with Gasteiger partial charge in [0.15, 0.2) is 0 Å². The molecule has 0 spiro atoms. The molecule has 6 heteroatoms. The first kappa shape index (κ1) is 22.5. The molecule has 4 nitrogen and oxygen atoms in total. The quantitative estimate of drug-likeness (QED) is 0.601. The highest BCUT2D eigenvalue weighted by molar-refractivity contribution is 7.89. The molecule has 1 aliphatic carbocycles. The van der Waals surface area contributed by atoms with Crippen molar-refractivity contribution in [3.05, 3.63) is 101 Å². The Bertz CT molecular complexity index is 1070. The average Bonchev–Trinajstić information content (AvgIpc) is 2.76. The van der Waals surface area contributed by atoms with E-state index in [4.69, 9.17) is 5.73 Å². The van der Waals surface area contributed by atoms with Gasteiger partial charge in [0.05, 0.1) is 4.90 Å². The molecule has 0 saturated carbocycles. The summed E-state index contributed by atoms with van der Waals surface area (Å²) in [4.78, 5) is 0.280. The second-order valence-corrected chi connectivity index (χ2v) is 9.44. The van der Waals surface area contributed by atoms with Gasteiger partial charge >= 0.3 is 0 Å². The lowest BCUT2D eigenvalue weighted by Crippen LogP contribution is -2.34. The molecule has 0 amide bonds. The molecule has 2 atom stereocenters. The molecule has 4 rings (SSSR count). The van der Waals surface area contributed by atoms with E-state index in [9.17, 15) is 8.42 Å². The van der Waals surface area contributed by atoms with E-state index in [0.29, 0.717) is 0 Å². The number of aryl methyl sites for hydroxylation is 1. The van der Waals surface area contributed by atoms with Crippen molar-refractivity contribution in [2.75, 3.05) is 0 Å². The van der Waals surface area contributed by atoms with Crippen LogP contribution in [-0.4, -0.2) is 14.5 Å². The van der Waals surface area contributed by atoms with Crippen LogP contribution in [0.25, 0.3) is 0 Å². The first-order chi connectivity index (χ1) is 14.0. The molecule has 0 bridgehead atoms. The summed E-state index contributed by atoms with van der Waals surface area (Å²) >= 11 is 0. The number of halogens is 1. The summed E-state index contributed by atoms with van der Waals surface area (Å²) in [6.07, 6.45) is 2.84. The Balaban J connectivity index is 0.00000256. The third-order valence-corrected chi connectivity index (χ3v) is 7.11. The van der Waals surface area contributed by atoms with E-state index in [1.54, 1.807) is 30.3 Å². The summed E-state index contributed by atoms with van der Waals surface area (Å²) in [6, 6.07) is 25.3. The second kappa shape index (κ2) is 9.75. The Labute approximate surface area is 185 Å². The van der Waals surface area contributed by atoms with Gasteiger partial charge in [0.25, 0.3) is 0 Å². The summed E-state index contributed by atoms with van der Waals surface area (Å²) in [5.74, 6) is 0.242. The first-order valence-electron chi connectivity index (χ1n) is 9.99. The van der Waals surface area contributed by atoms with E-state index in [1.807, 2.05) is 12.1 Å². The van der Waals surface area contributed by atoms with E-state index in [0.717, 1.165) is 24.8 Å². The summed E-state index contributed by atoms with van der Waals surface area (Å²) in [6.45, 7) is 0.262. The summed E-state index contributed by atoms with van der Waals surface area (Å²) in [5.41, 5.74) is 11.3. The smallest absolute Gasteiger partial charge is 0.240 e. The number of benzene rings is 3. The van der Waals surface area contributed by atoms with Crippen molar-refractivity contribution >= 4 is 22.4 Å². The molecule has 2 unspecified atom stereocenters. The van der Waals surface area contributed by atoms with Crippen molar-refractivity contribution in [1.82, 2.24) is 4.72 Å². The minimum atomic E-state index is -3.53. The third kappa shape index (κ3) is 5.10. The highest BCUT2D eigenvalue weighted by Crippen LogP contribution is 2.34. The van der Waals surface area contributed by atoms with Gasteiger partial charge in [-0.2, -0.15) is 0 Å². The topological polar surface area (TPSA) is 72.2 Å². The van der Waals surface area contributed by atoms with Crippen LogP contribution >= 0.6 is 12.4 Å². The van der Waals surface area contributed by atoms with Crippen LogP contribution in [0, 0.1) is 0 Å². The molecule has 0 aliphatic heterocycles.